The number of anilines is 1. The minimum Gasteiger partial charge on any atom is -0.482 e. The molecule has 3 rings (SSSR count). The van der Waals surface area contributed by atoms with Crippen molar-refractivity contribution in [2.75, 3.05) is 17.7 Å². The fraction of sp³-hybridized carbons (Fsp3) is 0.579. The molecule has 2 N–H and O–H groups in total. The number of halogens is 1. The summed E-state index contributed by atoms with van der Waals surface area (Å²) in [6, 6.07) is 2.74. The first-order chi connectivity index (χ1) is 13.2. The average molecular weight is 429 g/mol. The normalized spacial score (nSPS) is 24.7. The molecule has 1 fully saturated rings. The van der Waals surface area contributed by atoms with E-state index in [0.717, 1.165) is 19.3 Å². The lowest BCUT2D eigenvalue weighted by Gasteiger charge is -2.34. The zero-order valence-electron chi connectivity index (χ0n) is 16.0. The maximum Gasteiger partial charge on any atom is 0.262 e. The van der Waals surface area contributed by atoms with Crippen LogP contribution in [0.2, 0.25) is 5.02 Å². The second kappa shape index (κ2) is 8.29. The molecule has 1 aliphatic carbocycles. The van der Waals surface area contributed by atoms with Crippen LogP contribution in [0.15, 0.2) is 17.0 Å². The zero-order valence-corrected chi connectivity index (χ0v) is 17.5. The smallest absolute Gasteiger partial charge is 0.262 e. The molecule has 1 heterocycles. The number of benzene rings is 1. The van der Waals surface area contributed by atoms with E-state index in [-0.39, 0.29) is 52.3 Å². The molecule has 1 saturated carbocycles. The Bertz CT molecular complexity index is 887. The van der Waals surface area contributed by atoms with Gasteiger partial charge in [0, 0.05) is 18.5 Å². The number of nitrogens with one attached hydrogen (secondary N) is 2. The second-order valence-corrected chi connectivity index (χ2v) is 10.1. The van der Waals surface area contributed by atoms with Gasteiger partial charge in [-0.15, -0.1) is 0 Å². The van der Waals surface area contributed by atoms with Crippen molar-refractivity contribution in [3.63, 3.8) is 0 Å². The van der Waals surface area contributed by atoms with Crippen molar-refractivity contribution >= 4 is 38.9 Å². The highest BCUT2D eigenvalue weighted by atomic mass is 35.5. The van der Waals surface area contributed by atoms with Crippen LogP contribution in [0, 0.1) is 11.8 Å². The molecule has 1 aliphatic heterocycles. The van der Waals surface area contributed by atoms with Crippen molar-refractivity contribution in [2.45, 2.75) is 50.5 Å². The minimum atomic E-state index is -3.78. The van der Waals surface area contributed by atoms with Gasteiger partial charge in [0.1, 0.15) is 5.75 Å². The SMILES string of the molecule is C[C@H]1[C@H](C)CCC[C@@H]1NC(=O)CCS(=O)(=O)c1cc2c(cc1Cl)NC(=O)CO2. The summed E-state index contributed by atoms with van der Waals surface area (Å²) in [6.07, 6.45) is 3.01. The molecule has 0 radical (unpaired) electrons. The van der Waals surface area contributed by atoms with Crippen LogP contribution < -0.4 is 15.4 Å². The van der Waals surface area contributed by atoms with Gasteiger partial charge >= 0.3 is 0 Å². The van der Waals surface area contributed by atoms with E-state index in [2.05, 4.69) is 24.5 Å². The largest absolute Gasteiger partial charge is 0.482 e. The summed E-state index contributed by atoms with van der Waals surface area (Å²) in [7, 11) is -3.78. The van der Waals surface area contributed by atoms with Crippen LogP contribution in [0.25, 0.3) is 0 Å². The number of ether oxygens (including phenoxy) is 1. The van der Waals surface area contributed by atoms with Gasteiger partial charge in [-0.2, -0.15) is 0 Å². The van der Waals surface area contributed by atoms with Crippen LogP contribution in [-0.2, 0) is 19.4 Å². The van der Waals surface area contributed by atoms with Gasteiger partial charge in [-0.05, 0) is 24.3 Å². The third-order valence-electron chi connectivity index (χ3n) is 5.65. The third kappa shape index (κ3) is 4.60. The standard InChI is InChI=1S/C19H25ClN2O5S/c1-11-4-3-5-14(12(11)2)21-18(23)6-7-28(25,26)17-9-16-15(8-13(17)20)22-19(24)10-27-16/h8-9,11-12,14H,3-7,10H2,1-2H3,(H,21,23)(H,22,24)/t11-,12+,14+/m1/s1. The predicted octanol–water partition coefficient (Wildman–Crippen LogP) is 2.78. The summed E-state index contributed by atoms with van der Waals surface area (Å²) in [6.45, 7) is 4.11. The van der Waals surface area contributed by atoms with Crippen molar-refractivity contribution in [1.82, 2.24) is 5.32 Å². The Balaban J connectivity index is 1.65. The maximum atomic E-state index is 12.7. The molecule has 0 bridgehead atoms. The molecule has 7 nitrogen and oxygen atoms in total. The Morgan fingerprint density at radius 1 is 1.32 bits per heavy atom. The fourth-order valence-electron chi connectivity index (χ4n) is 3.72. The number of hydrogen-bond acceptors (Lipinski definition) is 5. The van der Waals surface area contributed by atoms with Crippen molar-refractivity contribution in [2.24, 2.45) is 11.8 Å². The van der Waals surface area contributed by atoms with Crippen LogP contribution >= 0.6 is 11.6 Å². The zero-order chi connectivity index (χ0) is 20.5. The van der Waals surface area contributed by atoms with E-state index in [9.17, 15) is 18.0 Å². The van der Waals surface area contributed by atoms with Gasteiger partial charge in [-0.3, -0.25) is 9.59 Å². The number of amides is 2. The number of fused-ring (bicyclic) bond motifs is 1. The van der Waals surface area contributed by atoms with E-state index in [0.29, 0.717) is 17.5 Å². The van der Waals surface area contributed by atoms with Crippen molar-refractivity contribution < 1.29 is 22.7 Å². The van der Waals surface area contributed by atoms with Gasteiger partial charge in [0.25, 0.3) is 5.91 Å². The molecule has 2 aliphatic rings. The first kappa shape index (κ1) is 20.9. The van der Waals surface area contributed by atoms with Gasteiger partial charge in [-0.25, -0.2) is 8.42 Å². The van der Waals surface area contributed by atoms with Gasteiger partial charge in [-0.1, -0.05) is 38.3 Å². The summed E-state index contributed by atoms with van der Waals surface area (Å²) >= 11 is 6.11. The lowest BCUT2D eigenvalue weighted by atomic mass is 9.78. The Morgan fingerprint density at radius 2 is 2.07 bits per heavy atom. The van der Waals surface area contributed by atoms with E-state index in [1.807, 2.05) is 0 Å². The van der Waals surface area contributed by atoms with Gasteiger partial charge in [0.15, 0.2) is 16.4 Å². The highest BCUT2D eigenvalue weighted by Crippen LogP contribution is 2.36. The molecule has 2 amide bonds. The maximum absolute atomic E-state index is 12.7. The lowest BCUT2D eigenvalue weighted by Crippen LogP contribution is -2.44. The number of hydrogen-bond donors (Lipinski definition) is 2. The molecule has 0 saturated heterocycles. The molecule has 0 spiro atoms. The Morgan fingerprint density at radius 3 is 2.82 bits per heavy atom. The van der Waals surface area contributed by atoms with E-state index in [4.69, 9.17) is 16.3 Å². The molecular weight excluding hydrogens is 404 g/mol. The van der Waals surface area contributed by atoms with Crippen molar-refractivity contribution in [1.29, 1.82) is 0 Å². The van der Waals surface area contributed by atoms with Crippen LogP contribution in [-0.4, -0.2) is 38.6 Å². The number of rotatable bonds is 5. The van der Waals surface area contributed by atoms with Crippen LogP contribution in [0.4, 0.5) is 5.69 Å². The molecule has 154 valence electrons. The highest BCUT2D eigenvalue weighted by Gasteiger charge is 2.29. The predicted molar refractivity (Wildman–Crippen MR) is 106 cm³/mol. The molecule has 0 unspecified atom stereocenters. The summed E-state index contributed by atoms with van der Waals surface area (Å²) in [4.78, 5) is 23.6. The number of carbonyl (C=O) groups excluding carboxylic acids is 2. The fourth-order valence-corrected chi connectivity index (χ4v) is 5.55. The number of sulfone groups is 1. The van der Waals surface area contributed by atoms with E-state index >= 15 is 0 Å². The minimum absolute atomic E-state index is 0.0142. The van der Waals surface area contributed by atoms with E-state index < -0.39 is 9.84 Å². The van der Waals surface area contributed by atoms with Crippen molar-refractivity contribution in [3.8, 4) is 5.75 Å². The summed E-state index contributed by atoms with van der Waals surface area (Å²) in [5.41, 5.74) is 0.332. The van der Waals surface area contributed by atoms with Crippen LogP contribution in [0.5, 0.6) is 5.75 Å². The topological polar surface area (TPSA) is 102 Å². The van der Waals surface area contributed by atoms with Crippen LogP contribution in [0.3, 0.4) is 0 Å². The molecule has 0 aromatic heterocycles. The Kier molecular flexibility index (Phi) is 6.19. The molecule has 9 heteroatoms. The number of carbonyl (C=O) groups is 2. The van der Waals surface area contributed by atoms with E-state index in [1.54, 1.807) is 0 Å². The Hall–Kier alpha value is -1.80. The molecular formula is C19H25ClN2O5S. The summed E-state index contributed by atoms with van der Waals surface area (Å²) in [5.74, 6) is 0.209. The summed E-state index contributed by atoms with van der Waals surface area (Å²) in [5, 5.41) is 5.55. The molecule has 1 aromatic rings. The molecule has 3 atom stereocenters. The highest BCUT2D eigenvalue weighted by molar-refractivity contribution is 7.91. The van der Waals surface area contributed by atoms with Crippen molar-refractivity contribution in [3.05, 3.63) is 17.2 Å². The Labute approximate surface area is 170 Å². The van der Waals surface area contributed by atoms with Gasteiger partial charge < -0.3 is 15.4 Å². The van der Waals surface area contributed by atoms with Crippen LogP contribution in [0.1, 0.15) is 39.5 Å². The molecule has 28 heavy (non-hydrogen) atoms. The molecule has 1 aromatic carbocycles. The van der Waals surface area contributed by atoms with Gasteiger partial charge in [0.2, 0.25) is 5.91 Å². The monoisotopic (exact) mass is 428 g/mol. The first-order valence-corrected chi connectivity index (χ1v) is 11.5. The second-order valence-electron chi connectivity index (χ2n) is 7.63. The summed E-state index contributed by atoms with van der Waals surface area (Å²) < 4.78 is 30.7. The van der Waals surface area contributed by atoms with Gasteiger partial charge in [0.05, 0.1) is 21.4 Å². The quantitative estimate of drug-likeness (QED) is 0.750. The third-order valence-corrected chi connectivity index (χ3v) is 7.83. The first-order valence-electron chi connectivity index (χ1n) is 9.45. The van der Waals surface area contributed by atoms with E-state index in [1.165, 1.54) is 12.1 Å². The average Bonchev–Trinajstić information content (AvgIpc) is 2.63. The lowest BCUT2D eigenvalue weighted by molar-refractivity contribution is -0.122.